The minimum atomic E-state index is 0. The van der Waals surface area contributed by atoms with Crippen LogP contribution in [0.5, 0.6) is 0 Å². The fourth-order valence-electron chi connectivity index (χ4n) is 1.08. The molecular formula is C10H14BrLi. The summed E-state index contributed by atoms with van der Waals surface area (Å²) in [5.41, 5.74) is 1.38. The van der Waals surface area contributed by atoms with Crippen LogP contribution in [0.3, 0.4) is 0 Å². The maximum absolute atomic E-state index is 3.65. The number of halogens is 1. The minimum absolute atomic E-state index is 0. The topological polar surface area (TPSA) is 0 Å². The quantitative estimate of drug-likeness (QED) is 0.542. The van der Waals surface area contributed by atoms with Crippen molar-refractivity contribution in [2.75, 3.05) is 0 Å². The van der Waals surface area contributed by atoms with Crippen LogP contribution in [-0.4, -0.2) is 18.9 Å². The van der Waals surface area contributed by atoms with E-state index in [1.807, 2.05) is 0 Å². The third-order valence-corrected chi connectivity index (χ3v) is 2.69. The van der Waals surface area contributed by atoms with Crippen LogP contribution in [-0.2, 0) is 0 Å². The second kappa shape index (κ2) is 6.77. The molecule has 0 amide bonds. The van der Waals surface area contributed by atoms with E-state index in [1.54, 1.807) is 0 Å². The molecule has 0 nitrogen and oxygen atoms in total. The van der Waals surface area contributed by atoms with Crippen LogP contribution in [0, 0.1) is 0 Å². The van der Waals surface area contributed by atoms with Gasteiger partial charge in [0.05, 0.1) is 0 Å². The molecule has 0 heterocycles. The second-order valence-corrected chi connectivity index (χ2v) is 3.77. The average molecular weight is 221 g/mol. The first-order chi connectivity index (χ1) is 5.34. The van der Waals surface area contributed by atoms with Crippen LogP contribution < -0.4 is 0 Å². The number of benzene rings is 1. The van der Waals surface area contributed by atoms with Gasteiger partial charge in [-0.25, -0.2) is 0 Å². The molecule has 0 spiro atoms. The molecule has 0 bridgehead atoms. The summed E-state index contributed by atoms with van der Waals surface area (Å²) < 4.78 is 0. The zero-order valence-corrected chi connectivity index (χ0v) is 8.34. The zero-order valence-electron chi connectivity index (χ0n) is 6.76. The van der Waals surface area contributed by atoms with E-state index in [4.69, 9.17) is 0 Å². The SMILES string of the molecule is CCCC(Br)c1ccccc1.[LiH]. The molecule has 0 aromatic heterocycles. The molecule has 0 radical (unpaired) electrons. The van der Waals surface area contributed by atoms with Gasteiger partial charge in [-0.05, 0) is 12.0 Å². The molecule has 0 saturated heterocycles. The van der Waals surface area contributed by atoms with Gasteiger partial charge in [0.25, 0.3) is 0 Å². The van der Waals surface area contributed by atoms with Crippen molar-refractivity contribution in [3.8, 4) is 0 Å². The summed E-state index contributed by atoms with van der Waals surface area (Å²) in [6, 6.07) is 10.5. The van der Waals surface area contributed by atoms with Gasteiger partial charge in [-0.15, -0.1) is 0 Å². The summed E-state index contributed by atoms with van der Waals surface area (Å²) in [5.74, 6) is 0. The number of hydrogen-bond acceptors (Lipinski definition) is 0. The third-order valence-electron chi connectivity index (χ3n) is 1.70. The summed E-state index contributed by atoms with van der Waals surface area (Å²) >= 11 is 3.65. The zero-order chi connectivity index (χ0) is 8.10. The van der Waals surface area contributed by atoms with Crippen LogP contribution in [0.4, 0.5) is 0 Å². The van der Waals surface area contributed by atoms with E-state index in [0.29, 0.717) is 4.83 Å². The van der Waals surface area contributed by atoms with Gasteiger partial charge in [-0.2, -0.15) is 0 Å². The van der Waals surface area contributed by atoms with Crippen molar-refractivity contribution in [1.29, 1.82) is 0 Å². The van der Waals surface area contributed by atoms with Crippen LogP contribution in [0.25, 0.3) is 0 Å². The number of alkyl halides is 1. The normalized spacial score (nSPS) is 11.8. The van der Waals surface area contributed by atoms with Gasteiger partial charge < -0.3 is 0 Å². The van der Waals surface area contributed by atoms with Crippen molar-refractivity contribution < 1.29 is 0 Å². The van der Waals surface area contributed by atoms with E-state index < -0.39 is 0 Å². The summed E-state index contributed by atoms with van der Waals surface area (Å²) in [6.07, 6.45) is 2.44. The molecule has 1 aromatic rings. The van der Waals surface area contributed by atoms with Gasteiger partial charge in [-0.1, -0.05) is 59.6 Å². The first-order valence-electron chi connectivity index (χ1n) is 4.03. The van der Waals surface area contributed by atoms with Crippen molar-refractivity contribution in [2.24, 2.45) is 0 Å². The van der Waals surface area contributed by atoms with Gasteiger partial charge in [0.15, 0.2) is 0 Å². The van der Waals surface area contributed by atoms with Crippen LogP contribution in [0.15, 0.2) is 30.3 Å². The second-order valence-electron chi connectivity index (χ2n) is 2.67. The van der Waals surface area contributed by atoms with Crippen LogP contribution in [0.2, 0.25) is 0 Å². The fraction of sp³-hybridized carbons (Fsp3) is 0.400. The third kappa shape index (κ3) is 3.80. The number of rotatable bonds is 3. The Balaban J connectivity index is 0.00000121. The van der Waals surface area contributed by atoms with E-state index in [2.05, 4.69) is 53.2 Å². The maximum atomic E-state index is 3.65. The molecule has 1 unspecified atom stereocenters. The Morgan fingerprint density at radius 2 is 1.83 bits per heavy atom. The first-order valence-corrected chi connectivity index (χ1v) is 4.95. The molecule has 0 aliphatic rings. The summed E-state index contributed by atoms with van der Waals surface area (Å²) in [5, 5.41) is 0. The standard InChI is InChI=1S/C10H13Br.Li.H/c1-2-6-10(11)9-7-4-3-5-8-9;;/h3-5,7-8,10H,2,6H2,1H3;;. The van der Waals surface area contributed by atoms with E-state index in [-0.39, 0.29) is 18.9 Å². The van der Waals surface area contributed by atoms with E-state index in [1.165, 1.54) is 18.4 Å². The summed E-state index contributed by atoms with van der Waals surface area (Å²) in [4.78, 5) is 0.536. The van der Waals surface area contributed by atoms with Crippen molar-refractivity contribution in [2.45, 2.75) is 24.6 Å². The molecule has 2 heteroatoms. The Hall–Kier alpha value is 0.297. The van der Waals surface area contributed by atoms with Crippen molar-refractivity contribution in [3.05, 3.63) is 35.9 Å². The Morgan fingerprint density at radius 3 is 2.33 bits per heavy atom. The first kappa shape index (κ1) is 12.3. The van der Waals surface area contributed by atoms with Crippen LogP contribution in [0.1, 0.15) is 30.2 Å². The van der Waals surface area contributed by atoms with Crippen LogP contribution >= 0.6 is 15.9 Å². The Morgan fingerprint density at radius 1 is 1.25 bits per heavy atom. The Bertz CT molecular complexity index is 198. The molecule has 0 fully saturated rings. The van der Waals surface area contributed by atoms with E-state index in [0.717, 1.165) is 0 Å². The van der Waals surface area contributed by atoms with Crippen molar-refractivity contribution in [1.82, 2.24) is 0 Å². The molecule has 1 atom stereocenters. The van der Waals surface area contributed by atoms with E-state index in [9.17, 15) is 0 Å². The molecule has 1 rings (SSSR count). The predicted molar refractivity (Wildman–Crippen MR) is 60.2 cm³/mol. The molecular weight excluding hydrogens is 207 g/mol. The molecule has 0 aliphatic heterocycles. The molecule has 62 valence electrons. The molecule has 0 aliphatic carbocycles. The molecule has 12 heavy (non-hydrogen) atoms. The van der Waals surface area contributed by atoms with Gasteiger partial charge in [0, 0.05) is 4.83 Å². The average Bonchev–Trinajstić information content (AvgIpc) is 2.07. The van der Waals surface area contributed by atoms with Crippen molar-refractivity contribution >= 4 is 34.8 Å². The van der Waals surface area contributed by atoms with Gasteiger partial charge in [0.1, 0.15) is 0 Å². The van der Waals surface area contributed by atoms with Gasteiger partial charge in [0.2, 0.25) is 0 Å². The van der Waals surface area contributed by atoms with Crippen molar-refractivity contribution in [3.63, 3.8) is 0 Å². The number of hydrogen-bond donors (Lipinski definition) is 0. The molecule has 0 N–H and O–H groups in total. The summed E-state index contributed by atoms with van der Waals surface area (Å²) in [6.45, 7) is 2.21. The summed E-state index contributed by atoms with van der Waals surface area (Å²) in [7, 11) is 0. The van der Waals surface area contributed by atoms with E-state index >= 15 is 0 Å². The van der Waals surface area contributed by atoms with Gasteiger partial charge in [-0.3, -0.25) is 0 Å². The fourth-order valence-corrected chi connectivity index (χ4v) is 1.85. The molecule has 0 saturated carbocycles. The Labute approximate surface area is 95.1 Å². The Kier molecular flexibility index (Phi) is 6.94. The monoisotopic (exact) mass is 220 g/mol. The van der Waals surface area contributed by atoms with Gasteiger partial charge >= 0.3 is 18.9 Å². The molecule has 1 aromatic carbocycles. The predicted octanol–water partition coefficient (Wildman–Crippen LogP) is 3.27.